The highest BCUT2D eigenvalue weighted by Crippen LogP contribution is 2.38. The fourth-order valence-electron chi connectivity index (χ4n) is 3.65. The monoisotopic (exact) mass is 406 g/mol. The van der Waals surface area contributed by atoms with E-state index in [1.165, 1.54) is 12.6 Å². The molecule has 7 nitrogen and oxygen atoms in total. The number of nitrogens with two attached hydrogens (primary N) is 1. The van der Waals surface area contributed by atoms with Crippen LogP contribution in [0.4, 0.5) is 11.4 Å². The van der Waals surface area contributed by atoms with E-state index in [2.05, 4.69) is 15.8 Å². The molecular weight excluding hydrogens is 380 g/mol. The number of carbonyl (C=O) groups is 2. The number of nitrogens with zero attached hydrogens (tertiary/aromatic N) is 1. The van der Waals surface area contributed by atoms with Crippen LogP contribution in [-0.2, 0) is 4.79 Å². The summed E-state index contributed by atoms with van der Waals surface area (Å²) in [6.07, 6.45) is 7.39. The molecule has 1 aliphatic carbocycles. The van der Waals surface area contributed by atoms with E-state index in [4.69, 9.17) is 10.3 Å². The Balaban J connectivity index is 0.00000280. The summed E-state index contributed by atoms with van der Waals surface area (Å²) in [6, 6.07) is 7.03. The van der Waals surface area contributed by atoms with Gasteiger partial charge in [-0.25, -0.2) is 0 Å². The topological polar surface area (TPSA) is 110 Å². The van der Waals surface area contributed by atoms with Crippen LogP contribution in [0.25, 0.3) is 0 Å². The van der Waals surface area contributed by atoms with Crippen LogP contribution in [0.5, 0.6) is 0 Å². The minimum Gasteiger partial charge on any atom is -0.361 e. The molecule has 2 amide bonds. The van der Waals surface area contributed by atoms with Crippen molar-refractivity contribution in [1.82, 2.24) is 5.16 Å². The number of aryl methyl sites for hydroxylation is 1. The molecule has 1 fully saturated rings. The number of benzene rings is 1. The maximum absolute atomic E-state index is 12.4. The van der Waals surface area contributed by atoms with Gasteiger partial charge in [0, 0.05) is 17.8 Å². The zero-order valence-electron chi connectivity index (χ0n) is 16.0. The van der Waals surface area contributed by atoms with E-state index in [0.29, 0.717) is 35.7 Å². The van der Waals surface area contributed by atoms with E-state index in [9.17, 15) is 9.59 Å². The number of rotatable bonds is 6. The molecule has 1 aromatic carbocycles. The molecule has 0 bridgehead atoms. The molecule has 28 heavy (non-hydrogen) atoms. The van der Waals surface area contributed by atoms with Crippen LogP contribution in [0.15, 0.2) is 35.0 Å². The van der Waals surface area contributed by atoms with Gasteiger partial charge in [-0.15, -0.1) is 12.4 Å². The number of carbonyl (C=O) groups excluding carboxylic acids is 2. The summed E-state index contributed by atoms with van der Waals surface area (Å²) in [5.41, 5.74) is 7.62. The molecule has 1 aliphatic rings. The lowest BCUT2D eigenvalue weighted by molar-refractivity contribution is -0.118. The van der Waals surface area contributed by atoms with Gasteiger partial charge in [-0.3, -0.25) is 9.59 Å². The Bertz CT molecular complexity index is 798. The summed E-state index contributed by atoms with van der Waals surface area (Å²) in [6.45, 7) is 2.23. The second-order valence-corrected chi connectivity index (χ2v) is 7.32. The van der Waals surface area contributed by atoms with Crippen LogP contribution in [0.1, 0.15) is 54.6 Å². The quantitative estimate of drug-likeness (QED) is 0.673. The molecule has 1 aromatic heterocycles. The molecule has 4 N–H and O–H groups in total. The number of aromatic nitrogens is 1. The van der Waals surface area contributed by atoms with E-state index in [0.717, 1.165) is 25.7 Å². The fraction of sp³-hybridized carbons (Fsp3) is 0.450. The summed E-state index contributed by atoms with van der Waals surface area (Å²) >= 11 is 0. The SMILES string of the molecule is Cc1oncc1C(=O)Nc1ccc(NC(=O)CC2(CN)CCCCC2)cc1.Cl. The van der Waals surface area contributed by atoms with Crippen molar-refractivity contribution in [2.24, 2.45) is 11.1 Å². The first-order valence-electron chi connectivity index (χ1n) is 9.34. The first kappa shape index (κ1) is 21.9. The van der Waals surface area contributed by atoms with Crippen LogP contribution in [0, 0.1) is 12.3 Å². The minimum atomic E-state index is -0.285. The predicted molar refractivity (Wildman–Crippen MR) is 111 cm³/mol. The van der Waals surface area contributed by atoms with E-state index in [1.807, 2.05) is 0 Å². The molecule has 0 unspecified atom stereocenters. The maximum Gasteiger partial charge on any atom is 0.260 e. The molecule has 1 heterocycles. The van der Waals surface area contributed by atoms with Gasteiger partial charge in [0.05, 0.1) is 6.20 Å². The Hall–Kier alpha value is -2.38. The van der Waals surface area contributed by atoms with Gasteiger partial charge in [0.1, 0.15) is 11.3 Å². The van der Waals surface area contributed by atoms with Crippen molar-refractivity contribution in [3.05, 3.63) is 41.8 Å². The van der Waals surface area contributed by atoms with Crippen molar-refractivity contribution < 1.29 is 14.1 Å². The lowest BCUT2D eigenvalue weighted by Gasteiger charge is -2.35. The number of hydrogen-bond acceptors (Lipinski definition) is 5. The Morgan fingerprint density at radius 1 is 1.11 bits per heavy atom. The normalized spacial score (nSPS) is 15.4. The van der Waals surface area contributed by atoms with Gasteiger partial charge < -0.3 is 20.9 Å². The largest absolute Gasteiger partial charge is 0.361 e. The highest BCUT2D eigenvalue weighted by molar-refractivity contribution is 6.04. The van der Waals surface area contributed by atoms with Crippen LogP contribution < -0.4 is 16.4 Å². The lowest BCUT2D eigenvalue weighted by atomic mass is 9.71. The van der Waals surface area contributed by atoms with Gasteiger partial charge in [-0.2, -0.15) is 0 Å². The summed E-state index contributed by atoms with van der Waals surface area (Å²) in [5.74, 6) is 0.167. The van der Waals surface area contributed by atoms with Crippen LogP contribution in [0.2, 0.25) is 0 Å². The van der Waals surface area contributed by atoms with E-state index < -0.39 is 0 Å². The predicted octanol–water partition coefficient (Wildman–Crippen LogP) is 3.89. The number of halogens is 1. The van der Waals surface area contributed by atoms with Crippen molar-refractivity contribution in [2.45, 2.75) is 45.4 Å². The number of amides is 2. The van der Waals surface area contributed by atoms with Crippen molar-refractivity contribution in [3.63, 3.8) is 0 Å². The van der Waals surface area contributed by atoms with Crippen LogP contribution >= 0.6 is 12.4 Å². The third kappa shape index (κ3) is 5.33. The summed E-state index contributed by atoms with van der Waals surface area (Å²) < 4.78 is 4.90. The summed E-state index contributed by atoms with van der Waals surface area (Å²) in [7, 11) is 0. The van der Waals surface area contributed by atoms with Gasteiger partial charge in [0.25, 0.3) is 5.91 Å². The lowest BCUT2D eigenvalue weighted by Crippen LogP contribution is -2.36. The van der Waals surface area contributed by atoms with Crippen molar-refractivity contribution in [3.8, 4) is 0 Å². The van der Waals surface area contributed by atoms with Crippen LogP contribution in [0.3, 0.4) is 0 Å². The molecule has 152 valence electrons. The van der Waals surface area contributed by atoms with Gasteiger partial charge in [0.2, 0.25) is 5.91 Å². The molecule has 0 aliphatic heterocycles. The average molecular weight is 407 g/mol. The fourth-order valence-corrected chi connectivity index (χ4v) is 3.65. The summed E-state index contributed by atoms with van der Waals surface area (Å²) in [5, 5.41) is 9.31. The summed E-state index contributed by atoms with van der Waals surface area (Å²) in [4.78, 5) is 24.6. The molecule has 0 saturated heterocycles. The Labute approximate surface area is 170 Å². The van der Waals surface area contributed by atoms with Crippen molar-refractivity contribution >= 4 is 35.6 Å². The number of hydrogen-bond donors (Lipinski definition) is 3. The average Bonchev–Trinajstić information content (AvgIpc) is 3.10. The zero-order chi connectivity index (χ0) is 19.3. The van der Waals surface area contributed by atoms with Crippen LogP contribution in [-0.4, -0.2) is 23.5 Å². The number of nitrogens with one attached hydrogen (secondary N) is 2. The van der Waals surface area contributed by atoms with Gasteiger partial charge in [-0.1, -0.05) is 24.4 Å². The highest BCUT2D eigenvalue weighted by Gasteiger charge is 2.32. The van der Waals surface area contributed by atoms with E-state index in [1.54, 1.807) is 31.2 Å². The smallest absolute Gasteiger partial charge is 0.260 e. The first-order chi connectivity index (χ1) is 13.0. The molecule has 3 rings (SSSR count). The third-order valence-corrected chi connectivity index (χ3v) is 5.30. The molecule has 0 radical (unpaired) electrons. The molecule has 8 heteroatoms. The zero-order valence-corrected chi connectivity index (χ0v) is 16.8. The van der Waals surface area contributed by atoms with Gasteiger partial charge in [-0.05, 0) is 56.0 Å². The molecule has 0 spiro atoms. The van der Waals surface area contributed by atoms with Gasteiger partial charge >= 0.3 is 0 Å². The third-order valence-electron chi connectivity index (χ3n) is 5.30. The van der Waals surface area contributed by atoms with E-state index in [-0.39, 0.29) is 29.6 Å². The Morgan fingerprint density at radius 2 is 1.71 bits per heavy atom. The van der Waals surface area contributed by atoms with Gasteiger partial charge in [0.15, 0.2) is 0 Å². The van der Waals surface area contributed by atoms with Crippen molar-refractivity contribution in [2.75, 3.05) is 17.2 Å². The maximum atomic E-state index is 12.4. The van der Waals surface area contributed by atoms with E-state index >= 15 is 0 Å². The standard InChI is InChI=1S/C20H26N4O3.ClH/c1-14-17(12-22-27-14)19(26)24-16-7-5-15(6-8-16)23-18(25)11-20(13-21)9-3-2-4-10-20;/h5-8,12H,2-4,9-11,13,21H2,1H3,(H,23,25)(H,24,26);1H. The highest BCUT2D eigenvalue weighted by atomic mass is 35.5. The molecule has 0 atom stereocenters. The first-order valence-corrected chi connectivity index (χ1v) is 9.34. The Kier molecular flexibility index (Phi) is 7.60. The van der Waals surface area contributed by atoms with Crippen molar-refractivity contribution in [1.29, 1.82) is 0 Å². The molecular formula is C20H27ClN4O3. The molecule has 2 aromatic rings. The second-order valence-electron chi connectivity index (χ2n) is 7.32. The second kappa shape index (κ2) is 9.71. The molecule has 1 saturated carbocycles. The Morgan fingerprint density at radius 3 is 2.25 bits per heavy atom. The minimum absolute atomic E-state index is 0. The number of anilines is 2.